The van der Waals surface area contributed by atoms with Crippen molar-refractivity contribution in [3.63, 3.8) is 0 Å². The number of allylic oxidation sites excluding steroid dienone is 2. The van der Waals surface area contributed by atoms with E-state index in [0.717, 1.165) is 33.9 Å². The summed E-state index contributed by atoms with van der Waals surface area (Å²) in [4.78, 5) is 7.35. The second-order valence-corrected chi connectivity index (χ2v) is 14.5. The molecule has 0 saturated carbocycles. The van der Waals surface area contributed by atoms with Crippen LogP contribution >= 0.6 is 0 Å². The van der Waals surface area contributed by atoms with Crippen molar-refractivity contribution in [1.82, 2.24) is 19.6 Å². The van der Waals surface area contributed by atoms with Crippen molar-refractivity contribution in [3.8, 4) is 44.8 Å². The number of imidazole rings is 1. The lowest BCUT2D eigenvalue weighted by Gasteiger charge is -2.28. The summed E-state index contributed by atoms with van der Waals surface area (Å²) in [5.74, 6) is 0. The van der Waals surface area contributed by atoms with Crippen molar-refractivity contribution in [1.29, 1.82) is 0 Å². The van der Waals surface area contributed by atoms with Crippen molar-refractivity contribution in [2.24, 2.45) is 0 Å². The van der Waals surface area contributed by atoms with Gasteiger partial charge in [0.05, 0.1) is 22.8 Å². The van der Waals surface area contributed by atoms with Gasteiger partial charge in [-0.3, -0.25) is 4.40 Å². The Morgan fingerprint density at radius 2 is 1.00 bits per heavy atom. The van der Waals surface area contributed by atoms with Gasteiger partial charge < -0.3 is 10.2 Å². The van der Waals surface area contributed by atoms with E-state index in [-0.39, 0.29) is 6.17 Å². The molecule has 4 nitrogen and oxygen atoms in total. The summed E-state index contributed by atoms with van der Waals surface area (Å²) in [6.07, 6.45) is 11.0. The van der Waals surface area contributed by atoms with Crippen LogP contribution in [0, 0.1) is 0 Å². The van der Waals surface area contributed by atoms with E-state index in [4.69, 9.17) is 4.98 Å². The summed E-state index contributed by atoms with van der Waals surface area (Å²) in [5.41, 5.74) is 14.8. The van der Waals surface area contributed by atoms with Crippen LogP contribution in [0.1, 0.15) is 11.1 Å². The first kappa shape index (κ1) is 32.0. The predicted octanol–water partition coefficient (Wildman–Crippen LogP) is 12.4. The Morgan fingerprint density at radius 3 is 1.61 bits per heavy atom. The highest BCUT2D eigenvalue weighted by atomic mass is 15.3. The minimum atomic E-state index is 0.0892. The van der Waals surface area contributed by atoms with Gasteiger partial charge in [-0.25, -0.2) is 4.98 Å². The van der Waals surface area contributed by atoms with Crippen LogP contribution in [0.2, 0.25) is 0 Å². The molecule has 56 heavy (non-hydrogen) atoms. The van der Waals surface area contributed by atoms with Crippen molar-refractivity contribution in [2.75, 3.05) is 0 Å². The van der Waals surface area contributed by atoms with Crippen LogP contribution in [0.5, 0.6) is 0 Å². The first-order valence-electron chi connectivity index (χ1n) is 19.2. The Kier molecular flexibility index (Phi) is 7.52. The van der Waals surface area contributed by atoms with Crippen LogP contribution in [-0.2, 0) is 0 Å². The summed E-state index contributed by atoms with van der Waals surface area (Å²) >= 11 is 0. The number of benzene rings is 7. The van der Waals surface area contributed by atoms with E-state index < -0.39 is 0 Å². The molecule has 4 heteroatoms. The monoisotopic (exact) mass is 716 g/mol. The number of hydrogen-bond acceptors (Lipinski definition) is 3. The molecule has 1 unspecified atom stereocenters. The van der Waals surface area contributed by atoms with E-state index in [1.165, 1.54) is 60.6 Å². The average Bonchev–Trinajstić information content (AvgIpc) is 3.92. The molecule has 0 radical (unpaired) electrons. The van der Waals surface area contributed by atoms with E-state index in [2.05, 4.69) is 221 Å². The van der Waals surface area contributed by atoms with Crippen LogP contribution < -0.4 is 5.32 Å². The molecule has 0 amide bonds. The van der Waals surface area contributed by atoms with Crippen molar-refractivity contribution >= 4 is 38.6 Å². The Morgan fingerprint density at radius 1 is 0.464 bits per heavy atom. The van der Waals surface area contributed by atoms with E-state index in [9.17, 15) is 0 Å². The minimum Gasteiger partial charge on any atom is -0.360 e. The maximum atomic E-state index is 5.03. The SMILES string of the molecule is C1=CC2NC(c3ccc(-c4c5ccccc5c(-c5ccc(-c6cn7c(-c8ccccc8)cccc7n6)cc5)c5ccccc45)cc3)=CN2C(c2ccccc2)=C1. The van der Waals surface area contributed by atoms with Gasteiger partial charge in [0.2, 0.25) is 0 Å². The number of aromatic nitrogens is 2. The van der Waals surface area contributed by atoms with Crippen LogP contribution in [0.15, 0.2) is 207 Å². The predicted molar refractivity (Wildman–Crippen MR) is 232 cm³/mol. The largest absolute Gasteiger partial charge is 0.360 e. The lowest BCUT2D eigenvalue weighted by Crippen LogP contribution is -2.34. The number of fused-ring (bicyclic) bond motifs is 4. The summed E-state index contributed by atoms with van der Waals surface area (Å²) < 4.78 is 2.19. The van der Waals surface area contributed by atoms with Gasteiger partial charge in [-0.15, -0.1) is 0 Å². The molecule has 2 aliphatic heterocycles. The molecule has 0 aliphatic carbocycles. The first-order valence-corrected chi connectivity index (χ1v) is 19.2. The number of nitrogens with one attached hydrogen (secondary N) is 1. The highest BCUT2D eigenvalue weighted by Gasteiger charge is 2.27. The maximum Gasteiger partial charge on any atom is 0.137 e. The quantitative estimate of drug-likeness (QED) is 0.174. The molecule has 264 valence electrons. The van der Waals surface area contributed by atoms with Gasteiger partial charge in [-0.05, 0) is 84.8 Å². The lowest BCUT2D eigenvalue weighted by atomic mass is 9.85. The fourth-order valence-electron chi connectivity index (χ4n) is 8.56. The number of nitrogens with zero attached hydrogens (tertiary/aromatic N) is 3. The zero-order valence-corrected chi connectivity index (χ0v) is 30.5. The smallest absolute Gasteiger partial charge is 0.137 e. The van der Waals surface area contributed by atoms with Gasteiger partial charge >= 0.3 is 0 Å². The van der Waals surface area contributed by atoms with E-state index in [1.807, 2.05) is 0 Å². The molecule has 1 atom stereocenters. The molecular weight excluding hydrogens is 681 g/mol. The van der Waals surface area contributed by atoms with Crippen LogP contribution in [0.3, 0.4) is 0 Å². The number of pyridine rings is 1. The molecule has 1 N–H and O–H groups in total. The molecule has 2 aliphatic rings. The maximum absolute atomic E-state index is 5.03. The topological polar surface area (TPSA) is 32.6 Å². The highest BCUT2D eigenvalue weighted by Crippen LogP contribution is 2.44. The fraction of sp³-hybridized carbons (Fsp3) is 0.0192. The van der Waals surface area contributed by atoms with Gasteiger partial charge in [0.15, 0.2) is 0 Å². The molecule has 9 aromatic rings. The Hall–Kier alpha value is -7.43. The van der Waals surface area contributed by atoms with Gasteiger partial charge in [-0.2, -0.15) is 0 Å². The van der Waals surface area contributed by atoms with Gasteiger partial charge in [0.1, 0.15) is 11.8 Å². The highest BCUT2D eigenvalue weighted by molar-refractivity contribution is 6.21. The average molecular weight is 717 g/mol. The zero-order chi connectivity index (χ0) is 37.0. The van der Waals surface area contributed by atoms with Crippen molar-refractivity contribution < 1.29 is 0 Å². The standard InChI is InChI=1S/C52H36N4/c1-3-13-37(14-4-1)47-21-11-23-49-53-45(33-55(47)49)35-25-29-39(30-26-35)51-41-17-7-9-19-43(41)52(44-20-10-8-18-42(44)51)40-31-27-36(28-32-40)46-34-56-48(22-12-24-50(56)54-46)38-15-5-2-6-16-38/h1-34,49,53H. The third kappa shape index (κ3) is 5.34. The minimum absolute atomic E-state index is 0.0892. The van der Waals surface area contributed by atoms with Crippen molar-refractivity contribution in [3.05, 3.63) is 218 Å². The second kappa shape index (κ2) is 13.2. The van der Waals surface area contributed by atoms with Gasteiger partial charge in [-0.1, -0.05) is 170 Å². The zero-order valence-electron chi connectivity index (χ0n) is 30.5. The van der Waals surface area contributed by atoms with Crippen LogP contribution in [-0.4, -0.2) is 20.5 Å². The number of hydrogen-bond donors (Lipinski definition) is 1. The summed E-state index contributed by atoms with van der Waals surface area (Å²) in [5, 5.41) is 8.70. The molecule has 7 aromatic carbocycles. The molecule has 0 fully saturated rings. The Balaban J connectivity index is 0.958. The third-order valence-corrected chi connectivity index (χ3v) is 11.2. The van der Waals surface area contributed by atoms with E-state index >= 15 is 0 Å². The van der Waals surface area contributed by atoms with Crippen LogP contribution in [0.4, 0.5) is 0 Å². The first-order chi connectivity index (χ1) is 27.8. The number of rotatable bonds is 6. The lowest BCUT2D eigenvalue weighted by molar-refractivity contribution is 0.448. The Labute approximate surface area is 325 Å². The molecule has 0 saturated heterocycles. The van der Waals surface area contributed by atoms with E-state index in [1.54, 1.807) is 0 Å². The summed E-state index contributed by atoms with van der Waals surface area (Å²) in [7, 11) is 0. The second-order valence-electron chi connectivity index (χ2n) is 14.5. The van der Waals surface area contributed by atoms with Gasteiger partial charge in [0, 0.05) is 18.0 Å². The van der Waals surface area contributed by atoms with Crippen LogP contribution in [0.25, 0.3) is 83.4 Å². The summed E-state index contributed by atoms with van der Waals surface area (Å²) in [6, 6.07) is 63.1. The fourth-order valence-corrected chi connectivity index (χ4v) is 8.56. The normalized spacial score (nSPS) is 14.9. The molecule has 0 spiro atoms. The van der Waals surface area contributed by atoms with Crippen molar-refractivity contribution in [2.45, 2.75) is 6.17 Å². The molecule has 0 bridgehead atoms. The Bertz CT molecular complexity index is 2970. The molecule has 11 rings (SSSR count). The van der Waals surface area contributed by atoms with Gasteiger partial charge in [0.25, 0.3) is 0 Å². The summed E-state index contributed by atoms with van der Waals surface area (Å²) in [6.45, 7) is 0. The van der Waals surface area contributed by atoms with E-state index in [0.29, 0.717) is 0 Å². The molecule has 2 aromatic heterocycles. The molecular formula is C52H36N4. The third-order valence-electron chi connectivity index (χ3n) is 11.2. The molecule has 4 heterocycles.